The normalized spacial score (nSPS) is 21.5. The zero-order chi connectivity index (χ0) is 20.2. The molecule has 0 bridgehead atoms. The number of para-hydroxylation sites is 1. The quantitative estimate of drug-likeness (QED) is 0.560. The Morgan fingerprint density at radius 1 is 1.17 bits per heavy atom. The Kier molecular flexibility index (Phi) is 5.47. The average Bonchev–Trinajstić information content (AvgIpc) is 3.18. The molecule has 29 heavy (non-hydrogen) atoms. The Labute approximate surface area is 167 Å². The lowest BCUT2D eigenvalue weighted by molar-refractivity contribution is -0.152. The van der Waals surface area contributed by atoms with Crippen molar-refractivity contribution in [2.24, 2.45) is 0 Å². The molecule has 7 nitrogen and oxygen atoms in total. The summed E-state index contributed by atoms with van der Waals surface area (Å²) in [6.45, 7) is 0.0885. The molecule has 1 aromatic heterocycles. The van der Waals surface area contributed by atoms with Crippen LogP contribution in [0.25, 0.3) is 10.9 Å². The number of carbonyl (C=O) groups is 1. The fraction of sp³-hybridized carbons (Fsp3) is 0.273. The Hall–Kier alpha value is -3.34. The minimum Gasteiger partial charge on any atom is -0.493 e. The molecule has 7 heteroatoms. The predicted molar refractivity (Wildman–Crippen MR) is 106 cm³/mol. The van der Waals surface area contributed by atoms with Crippen LogP contribution in [0.1, 0.15) is 29.8 Å². The lowest BCUT2D eigenvalue weighted by Crippen LogP contribution is -2.50. The number of aromatic amines is 1. The van der Waals surface area contributed by atoms with Crippen molar-refractivity contribution in [3.8, 4) is 11.8 Å². The van der Waals surface area contributed by atoms with Crippen LogP contribution in [-0.2, 0) is 9.53 Å². The van der Waals surface area contributed by atoms with E-state index in [1.165, 1.54) is 0 Å². The summed E-state index contributed by atoms with van der Waals surface area (Å²) in [5.41, 5.74) is 2.51. The van der Waals surface area contributed by atoms with Crippen LogP contribution in [0.3, 0.4) is 0 Å². The molecule has 3 aromatic rings. The van der Waals surface area contributed by atoms with E-state index in [1.807, 2.05) is 42.5 Å². The SMILES string of the molecule is N#CCCOc1ccc([C@H]2O[C@@H](c3c[nH]c4ccccc34)C(=O)N[C@@H]2CO)cc1. The van der Waals surface area contributed by atoms with Crippen LogP contribution in [-0.4, -0.2) is 35.3 Å². The number of carbonyl (C=O) groups excluding carboxylic acids is 1. The second-order valence-corrected chi connectivity index (χ2v) is 6.85. The summed E-state index contributed by atoms with van der Waals surface area (Å²) in [4.78, 5) is 15.8. The zero-order valence-corrected chi connectivity index (χ0v) is 15.7. The van der Waals surface area contributed by atoms with Crippen LogP contribution in [0.15, 0.2) is 54.7 Å². The molecule has 3 N–H and O–H groups in total. The molecule has 0 spiro atoms. The average molecular weight is 391 g/mol. The number of nitriles is 1. The van der Waals surface area contributed by atoms with Crippen molar-refractivity contribution in [3.63, 3.8) is 0 Å². The van der Waals surface area contributed by atoms with Gasteiger partial charge in [-0.25, -0.2) is 0 Å². The Morgan fingerprint density at radius 2 is 1.97 bits per heavy atom. The maximum absolute atomic E-state index is 12.7. The molecule has 1 aliphatic rings. The van der Waals surface area contributed by atoms with E-state index in [2.05, 4.69) is 10.3 Å². The minimum absolute atomic E-state index is 0.239. The summed E-state index contributed by atoms with van der Waals surface area (Å²) >= 11 is 0. The highest BCUT2D eigenvalue weighted by atomic mass is 16.5. The van der Waals surface area contributed by atoms with Crippen LogP contribution in [0, 0.1) is 11.3 Å². The van der Waals surface area contributed by atoms with Crippen molar-refractivity contribution in [1.29, 1.82) is 5.26 Å². The van der Waals surface area contributed by atoms with Crippen molar-refractivity contribution >= 4 is 16.8 Å². The van der Waals surface area contributed by atoms with Gasteiger partial charge in [-0.3, -0.25) is 4.79 Å². The second-order valence-electron chi connectivity index (χ2n) is 6.85. The van der Waals surface area contributed by atoms with Gasteiger partial charge in [0.1, 0.15) is 18.5 Å². The number of hydrogen-bond acceptors (Lipinski definition) is 5. The van der Waals surface area contributed by atoms with Crippen molar-refractivity contribution in [1.82, 2.24) is 10.3 Å². The summed E-state index contributed by atoms with van der Waals surface area (Å²) in [6.07, 6.45) is 0.811. The number of fused-ring (bicyclic) bond motifs is 1. The van der Waals surface area contributed by atoms with Crippen molar-refractivity contribution in [2.75, 3.05) is 13.2 Å². The van der Waals surface area contributed by atoms with Gasteiger partial charge >= 0.3 is 0 Å². The van der Waals surface area contributed by atoms with E-state index in [-0.39, 0.29) is 12.5 Å². The molecule has 1 fully saturated rings. The number of amides is 1. The summed E-state index contributed by atoms with van der Waals surface area (Å²) in [5.74, 6) is 0.374. The van der Waals surface area contributed by atoms with Gasteiger partial charge in [0, 0.05) is 22.7 Å². The fourth-order valence-electron chi connectivity index (χ4n) is 3.58. The lowest BCUT2D eigenvalue weighted by Gasteiger charge is -2.36. The summed E-state index contributed by atoms with van der Waals surface area (Å²) < 4.78 is 11.7. The van der Waals surface area contributed by atoms with Crippen LogP contribution in [0.5, 0.6) is 5.75 Å². The number of aliphatic hydroxyl groups is 1. The summed E-state index contributed by atoms with van der Waals surface area (Å²) in [5, 5.41) is 22.2. The van der Waals surface area contributed by atoms with E-state index in [9.17, 15) is 9.90 Å². The molecule has 4 rings (SSSR count). The van der Waals surface area contributed by atoms with Gasteiger partial charge in [0.15, 0.2) is 6.10 Å². The molecule has 1 aliphatic heterocycles. The number of ether oxygens (including phenoxy) is 2. The highest BCUT2D eigenvalue weighted by Crippen LogP contribution is 2.36. The van der Waals surface area contributed by atoms with E-state index in [1.54, 1.807) is 18.3 Å². The van der Waals surface area contributed by atoms with Gasteiger partial charge in [-0.2, -0.15) is 5.26 Å². The molecular weight excluding hydrogens is 370 g/mol. The van der Waals surface area contributed by atoms with Crippen LogP contribution >= 0.6 is 0 Å². The Balaban J connectivity index is 1.59. The minimum atomic E-state index is -0.787. The molecule has 2 heterocycles. The van der Waals surface area contributed by atoms with Crippen molar-refractivity contribution in [3.05, 3.63) is 65.9 Å². The lowest BCUT2D eigenvalue weighted by atomic mass is 9.97. The number of H-pyrrole nitrogens is 1. The number of aromatic nitrogens is 1. The largest absolute Gasteiger partial charge is 0.493 e. The summed E-state index contributed by atoms with van der Waals surface area (Å²) in [6, 6.07) is 16.5. The van der Waals surface area contributed by atoms with E-state index in [0.717, 1.165) is 22.0 Å². The molecule has 0 unspecified atom stereocenters. The van der Waals surface area contributed by atoms with E-state index in [0.29, 0.717) is 18.8 Å². The van der Waals surface area contributed by atoms with Gasteiger partial charge in [-0.05, 0) is 23.8 Å². The van der Waals surface area contributed by atoms with E-state index < -0.39 is 18.2 Å². The first-order valence-electron chi connectivity index (χ1n) is 9.43. The molecule has 1 amide bonds. The zero-order valence-electron chi connectivity index (χ0n) is 15.7. The number of benzene rings is 2. The smallest absolute Gasteiger partial charge is 0.254 e. The van der Waals surface area contributed by atoms with E-state index in [4.69, 9.17) is 14.7 Å². The maximum atomic E-state index is 12.7. The number of rotatable bonds is 6. The third kappa shape index (κ3) is 3.81. The predicted octanol–water partition coefficient (Wildman–Crippen LogP) is 2.75. The van der Waals surface area contributed by atoms with Crippen LogP contribution in [0.2, 0.25) is 0 Å². The van der Waals surface area contributed by atoms with Crippen molar-refractivity contribution in [2.45, 2.75) is 24.7 Å². The molecule has 0 radical (unpaired) electrons. The molecule has 2 aromatic carbocycles. The highest BCUT2D eigenvalue weighted by Gasteiger charge is 2.38. The first kappa shape index (κ1) is 19.0. The second kappa shape index (κ2) is 8.35. The molecule has 148 valence electrons. The monoisotopic (exact) mass is 391 g/mol. The number of morpholine rings is 1. The Morgan fingerprint density at radius 3 is 2.72 bits per heavy atom. The molecule has 1 saturated heterocycles. The fourth-order valence-corrected chi connectivity index (χ4v) is 3.58. The topological polar surface area (TPSA) is 107 Å². The van der Waals surface area contributed by atoms with E-state index >= 15 is 0 Å². The van der Waals surface area contributed by atoms with Gasteiger partial charge in [-0.15, -0.1) is 0 Å². The number of nitrogens with one attached hydrogen (secondary N) is 2. The third-order valence-electron chi connectivity index (χ3n) is 5.01. The van der Waals surface area contributed by atoms with Gasteiger partial charge in [0.05, 0.1) is 25.1 Å². The van der Waals surface area contributed by atoms with Crippen LogP contribution < -0.4 is 10.1 Å². The molecule has 0 saturated carbocycles. The highest BCUT2D eigenvalue weighted by molar-refractivity contribution is 5.91. The maximum Gasteiger partial charge on any atom is 0.254 e. The standard InChI is InChI=1S/C22H21N3O4/c23-10-3-11-28-15-8-6-14(7-9-15)20-19(13-26)25-22(27)21(29-20)17-12-24-18-5-2-1-4-16(17)18/h1-2,4-9,12,19-21,24,26H,3,11,13H2,(H,25,27)/t19-,20-,21+/m1/s1. The first-order chi connectivity index (χ1) is 14.2. The number of aliphatic hydroxyl groups excluding tert-OH is 1. The van der Waals surface area contributed by atoms with Gasteiger partial charge in [0.2, 0.25) is 0 Å². The number of hydrogen-bond donors (Lipinski definition) is 3. The van der Waals surface area contributed by atoms with Gasteiger partial charge < -0.3 is 24.9 Å². The Bertz CT molecular complexity index is 1040. The third-order valence-corrected chi connectivity index (χ3v) is 5.01. The summed E-state index contributed by atoms with van der Waals surface area (Å²) in [7, 11) is 0. The molecular formula is C22H21N3O4. The van der Waals surface area contributed by atoms with Gasteiger partial charge in [0.25, 0.3) is 5.91 Å². The van der Waals surface area contributed by atoms with Gasteiger partial charge in [-0.1, -0.05) is 30.3 Å². The van der Waals surface area contributed by atoms with Crippen molar-refractivity contribution < 1.29 is 19.4 Å². The first-order valence-corrected chi connectivity index (χ1v) is 9.43. The molecule has 3 atom stereocenters. The number of nitrogens with zero attached hydrogens (tertiary/aromatic N) is 1. The van der Waals surface area contributed by atoms with Crippen LogP contribution in [0.4, 0.5) is 0 Å². The molecule has 0 aliphatic carbocycles.